The summed E-state index contributed by atoms with van der Waals surface area (Å²) < 4.78 is 0. The predicted molar refractivity (Wildman–Crippen MR) is 78.8 cm³/mol. The molecule has 2 heterocycles. The topological polar surface area (TPSA) is 71.4 Å². The molecule has 1 fully saturated rings. The van der Waals surface area contributed by atoms with Crippen LogP contribution in [0.4, 0.5) is 5.82 Å². The monoisotopic (exact) mass is 263 g/mol. The minimum Gasteiger partial charge on any atom is -0.383 e. The average Bonchev–Trinajstić information content (AvgIpc) is 2.51. The van der Waals surface area contributed by atoms with Gasteiger partial charge in [-0.2, -0.15) is 0 Å². The maximum atomic E-state index is 6.51. The van der Waals surface area contributed by atoms with E-state index in [2.05, 4.69) is 28.9 Å². The van der Waals surface area contributed by atoms with Crippen LogP contribution in [-0.4, -0.2) is 54.6 Å². The highest BCUT2D eigenvalue weighted by Crippen LogP contribution is 2.26. The van der Waals surface area contributed by atoms with E-state index in [1.807, 2.05) is 13.0 Å². The summed E-state index contributed by atoms with van der Waals surface area (Å²) >= 11 is 0. The number of rotatable bonds is 2. The lowest BCUT2D eigenvalue weighted by Crippen LogP contribution is -2.45. The molecule has 0 aromatic carbocycles. The van der Waals surface area contributed by atoms with E-state index in [1.54, 1.807) is 6.20 Å². The molecule has 0 radical (unpaired) electrons. The molecule has 0 aliphatic carbocycles. The van der Waals surface area contributed by atoms with Gasteiger partial charge in [-0.3, -0.25) is 0 Å². The average molecular weight is 263 g/mol. The van der Waals surface area contributed by atoms with Gasteiger partial charge in [-0.1, -0.05) is 0 Å². The van der Waals surface area contributed by atoms with Crippen molar-refractivity contribution in [1.82, 2.24) is 14.8 Å². The molecule has 0 saturated carbocycles. The molecule has 1 saturated heterocycles. The van der Waals surface area contributed by atoms with Crippen LogP contribution in [0.15, 0.2) is 12.3 Å². The van der Waals surface area contributed by atoms with E-state index in [-0.39, 0.29) is 12.1 Å². The van der Waals surface area contributed by atoms with Gasteiger partial charge in [0, 0.05) is 24.3 Å². The summed E-state index contributed by atoms with van der Waals surface area (Å²) in [6, 6.07) is 2.16. The number of anilines is 1. The molecule has 1 aliphatic rings. The molecular weight excluding hydrogens is 238 g/mol. The molecule has 5 heteroatoms. The Labute approximate surface area is 115 Å². The van der Waals surface area contributed by atoms with Gasteiger partial charge < -0.3 is 21.3 Å². The van der Waals surface area contributed by atoms with Gasteiger partial charge in [0.05, 0.1) is 6.04 Å². The lowest BCUT2D eigenvalue weighted by Gasteiger charge is -2.33. The molecule has 2 rings (SSSR count). The SMILES string of the molecule is Cc1ccnc(N)c1C(N)C1CN(C)CCCN1C. The first-order chi connectivity index (χ1) is 9.00. The zero-order valence-electron chi connectivity index (χ0n) is 12.1. The van der Waals surface area contributed by atoms with E-state index < -0.39 is 0 Å². The minimum absolute atomic E-state index is 0.0979. The van der Waals surface area contributed by atoms with Crippen LogP contribution in [0.3, 0.4) is 0 Å². The van der Waals surface area contributed by atoms with Gasteiger partial charge in [0.2, 0.25) is 0 Å². The quantitative estimate of drug-likeness (QED) is 0.818. The van der Waals surface area contributed by atoms with Crippen molar-refractivity contribution in [2.45, 2.75) is 25.4 Å². The summed E-state index contributed by atoms with van der Waals surface area (Å²) in [7, 11) is 4.30. The van der Waals surface area contributed by atoms with Gasteiger partial charge >= 0.3 is 0 Å². The van der Waals surface area contributed by atoms with E-state index >= 15 is 0 Å². The number of hydrogen-bond acceptors (Lipinski definition) is 5. The molecule has 5 nitrogen and oxygen atoms in total. The highest BCUT2D eigenvalue weighted by Gasteiger charge is 2.29. The van der Waals surface area contributed by atoms with Crippen LogP contribution in [0.2, 0.25) is 0 Å². The van der Waals surface area contributed by atoms with E-state index in [4.69, 9.17) is 11.5 Å². The van der Waals surface area contributed by atoms with Gasteiger partial charge in [-0.05, 0) is 52.2 Å². The van der Waals surface area contributed by atoms with Crippen molar-refractivity contribution >= 4 is 5.82 Å². The number of nitrogen functional groups attached to an aromatic ring is 1. The molecule has 0 bridgehead atoms. The Morgan fingerprint density at radius 1 is 1.37 bits per heavy atom. The summed E-state index contributed by atoms with van der Waals surface area (Å²) in [6.07, 6.45) is 2.92. The number of pyridine rings is 1. The summed E-state index contributed by atoms with van der Waals surface area (Å²) in [4.78, 5) is 8.88. The Balaban J connectivity index is 2.28. The van der Waals surface area contributed by atoms with E-state index in [0.29, 0.717) is 5.82 Å². The molecule has 1 aromatic rings. The number of aromatic nitrogens is 1. The molecule has 1 aromatic heterocycles. The first-order valence-corrected chi connectivity index (χ1v) is 6.86. The maximum Gasteiger partial charge on any atom is 0.128 e. The van der Waals surface area contributed by atoms with Crippen LogP contribution in [0.25, 0.3) is 0 Å². The van der Waals surface area contributed by atoms with Gasteiger partial charge in [-0.25, -0.2) is 4.98 Å². The molecule has 1 aliphatic heterocycles. The predicted octanol–water partition coefficient (Wildman–Crippen LogP) is 0.608. The molecule has 106 valence electrons. The summed E-state index contributed by atoms with van der Waals surface area (Å²) in [5.74, 6) is 0.563. The Morgan fingerprint density at radius 3 is 2.79 bits per heavy atom. The highest BCUT2D eigenvalue weighted by molar-refractivity contribution is 5.46. The smallest absolute Gasteiger partial charge is 0.128 e. The lowest BCUT2D eigenvalue weighted by atomic mass is 9.95. The fourth-order valence-electron chi connectivity index (χ4n) is 2.91. The molecule has 4 N–H and O–H groups in total. The molecule has 2 atom stereocenters. The van der Waals surface area contributed by atoms with Gasteiger partial charge in [0.1, 0.15) is 5.82 Å². The third kappa shape index (κ3) is 3.05. The van der Waals surface area contributed by atoms with E-state index in [9.17, 15) is 0 Å². The van der Waals surface area contributed by atoms with Crippen molar-refractivity contribution in [3.8, 4) is 0 Å². The Bertz CT molecular complexity index is 414. The first-order valence-electron chi connectivity index (χ1n) is 6.86. The highest BCUT2D eigenvalue weighted by atomic mass is 15.2. The van der Waals surface area contributed by atoms with Crippen LogP contribution in [0.1, 0.15) is 23.6 Å². The van der Waals surface area contributed by atoms with Crippen LogP contribution >= 0.6 is 0 Å². The van der Waals surface area contributed by atoms with Crippen LogP contribution < -0.4 is 11.5 Å². The largest absolute Gasteiger partial charge is 0.383 e. The number of likely N-dealkylation sites (N-methyl/N-ethyl adjacent to an activating group) is 2. The molecular formula is C14H25N5. The van der Waals surface area contributed by atoms with Crippen molar-refractivity contribution in [3.05, 3.63) is 23.4 Å². The van der Waals surface area contributed by atoms with Crippen LogP contribution in [0.5, 0.6) is 0 Å². The molecule has 2 unspecified atom stereocenters. The maximum absolute atomic E-state index is 6.51. The number of nitrogens with two attached hydrogens (primary N) is 2. The number of hydrogen-bond donors (Lipinski definition) is 2. The standard InChI is InChI=1S/C14H25N5/c1-10-5-6-17-14(16)12(10)13(15)11-9-18(2)7-4-8-19(11)3/h5-6,11,13H,4,7-9,15H2,1-3H3,(H2,16,17). The van der Waals surface area contributed by atoms with Crippen molar-refractivity contribution in [2.24, 2.45) is 5.73 Å². The molecule has 0 amide bonds. The lowest BCUT2D eigenvalue weighted by molar-refractivity contribution is 0.196. The molecule has 0 spiro atoms. The minimum atomic E-state index is -0.0979. The Kier molecular flexibility index (Phi) is 4.39. The fraction of sp³-hybridized carbons (Fsp3) is 0.643. The van der Waals surface area contributed by atoms with E-state index in [1.165, 1.54) is 6.42 Å². The summed E-state index contributed by atoms with van der Waals surface area (Å²) in [6.45, 7) is 5.20. The second-order valence-corrected chi connectivity index (χ2v) is 5.62. The third-order valence-electron chi connectivity index (χ3n) is 4.10. The summed E-state index contributed by atoms with van der Waals surface area (Å²) in [5.41, 5.74) is 14.7. The second kappa shape index (κ2) is 5.86. The Hall–Kier alpha value is -1.17. The van der Waals surface area contributed by atoms with Crippen LogP contribution in [0, 0.1) is 6.92 Å². The van der Waals surface area contributed by atoms with Crippen molar-refractivity contribution in [3.63, 3.8) is 0 Å². The van der Waals surface area contributed by atoms with E-state index in [0.717, 1.165) is 30.8 Å². The molecule has 19 heavy (non-hydrogen) atoms. The number of nitrogens with zero attached hydrogens (tertiary/aromatic N) is 3. The van der Waals surface area contributed by atoms with Crippen molar-refractivity contribution in [2.75, 3.05) is 39.5 Å². The van der Waals surface area contributed by atoms with Gasteiger partial charge in [0.25, 0.3) is 0 Å². The van der Waals surface area contributed by atoms with Crippen LogP contribution in [-0.2, 0) is 0 Å². The second-order valence-electron chi connectivity index (χ2n) is 5.62. The zero-order valence-corrected chi connectivity index (χ0v) is 12.1. The first kappa shape index (κ1) is 14.2. The normalized spacial score (nSPS) is 24.1. The van der Waals surface area contributed by atoms with Crippen molar-refractivity contribution < 1.29 is 0 Å². The van der Waals surface area contributed by atoms with Gasteiger partial charge in [-0.15, -0.1) is 0 Å². The fourth-order valence-corrected chi connectivity index (χ4v) is 2.91. The third-order valence-corrected chi connectivity index (χ3v) is 4.10. The van der Waals surface area contributed by atoms with Crippen molar-refractivity contribution in [1.29, 1.82) is 0 Å². The number of aryl methyl sites for hydroxylation is 1. The zero-order chi connectivity index (χ0) is 14.0. The summed E-state index contributed by atoms with van der Waals surface area (Å²) in [5, 5.41) is 0. The Morgan fingerprint density at radius 2 is 2.11 bits per heavy atom. The van der Waals surface area contributed by atoms with Gasteiger partial charge in [0.15, 0.2) is 0 Å².